The number of rotatable bonds is 3. The SMILES string of the molecule is O=C(O)Cc1nnn(-c2cccc(C(F)(F)F)c2)n1. The van der Waals surface area contributed by atoms with Gasteiger partial charge in [-0.05, 0) is 23.4 Å². The smallest absolute Gasteiger partial charge is 0.416 e. The van der Waals surface area contributed by atoms with Gasteiger partial charge in [-0.25, -0.2) is 0 Å². The van der Waals surface area contributed by atoms with Crippen molar-refractivity contribution in [2.75, 3.05) is 0 Å². The first-order chi connectivity index (χ1) is 8.86. The summed E-state index contributed by atoms with van der Waals surface area (Å²) in [4.78, 5) is 11.3. The molecule has 0 aliphatic carbocycles. The number of aromatic nitrogens is 4. The van der Waals surface area contributed by atoms with Gasteiger partial charge < -0.3 is 5.11 Å². The number of alkyl halides is 3. The van der Waals surface area contributed by atoms with Crippen LogP contribution >= 0.6 is 0 Å². The Hall–Kier alpha value is -2.45. The van der Waals surface area contributed by atoms with Crippen LogP contribution in [0.3, 0.4) is 0 Å². The largest absolute Gasteiger partial charge is 0.481 e. The molecule has 2 rings (SSSR count). The zero-order chi connectivity index (χ0) is 14.0. The number of carboxylic acids is 1. The standard InChI is InChI=1S/C10H7F3N4O2/c11-10(12,13)6-2-1-3-7(4-6)17-15-8(14-16-17)5-9(18)19/h1-4H,5H2,(H,18,19). The maximum atomic E-state index is 12.5. The molecule has 1 aromatic carbocycles. The number of carbonyl (C=O) groups is 1. The Bertz CT molecular complexity index is 609. The summed E-state index contributed by atoms with van der Waals surface area (Å²) in [6.45, 7) is 0. The highest BCUT2D eigenvalue weighted by atomic mass is 19.4. The third-order valence-electron chi connectivity index (χ3n) is 2.17. The second kappa shape index (κ2) is 4.67. The van der Waals surface area contributed by atoms with E-state index in [4.69, 9.17) is 5.11 Å². The summed E-state index contributed by atoms with van der Waals surface area (Å²) in [7, 11) is 0. The Labute approximate surface area is 104 Å². The van der Waals surface area contributed by atoms with Crippen LogP contribution in [0.25, 0.3) is 5.69 Å². The molecule has 0 atom stereocenters. The van der Waals surface area contributed by atoms with E-state index in [1.807, 2.05) is 0 Å². The van der Waals surface area contributed by atoms with E-state index in [1.54, 1.807) is 0 Å². The highest BCUT2D eigenvalue weighted by Gasteiger charge is 2.30. The Morgan fingerprint density at radius 2 is 2.11 bits per heavy atom. The molecule has 0 bridgehead atoms. The maximum absolute atomic E-state index is 12.5. The summed E-state index contributed by atoms with van der Waals surface area (Å²) in [5.74, 6) is -1.23. The summed E-state index contributed by atoms with van der Waals surface area (Å²) in [6, 6.07) is 4.34. The topological polar surface area (TPSA) is 80.9 Å². The third-order valence-corrected chi connectivity index (χ3v) is 2.17. The first-order valence-corrected chi connectivity index (χ1v) is 5.04. The van der Waals surface area contributed by atoms with Crippen LogP contribution in [0.2, 0.25) is 0 Å². The summed E-state index contributed by atoms with van der Waals surface area (Å²) in [6.07, 6.45) is -4.92. The average molecular weight is 272 g/mol. The van der Waals surface area contributed by atoms with Gasteiger partial charge in [0.25, 0.3) is 0 Å². The minimum Gasteiger partial charge on any atom is -0.481 e. The van der Waals surface area contributed by atoms with E-state index in [9.17, 15) is 18.0 Å². The monoisotopic (exact) mass is 272 g/mol. The fraction of sp³-hybridized carbons (Fsp3) is 0.200. The lowest BCUT2D eigenvalue weighted by Gasteiger charge is -2.07. The molecule has 0 saturated carbocycles. The second-order valence-corrected chi connectivity index (χ2v) is 3.61. The van der Waals surface area contributed by atoms with Crippen molar-refractivity contribution in [3.05, 3.63) is 35.7 Å². The Morgan fingerprint density at radius 3 is 2.74 bits per heavy atom. The van der Waals surface area contributed by atoms with Crippen molar-refractivity contribution < 1.29 is 23.1 Å². The third kappa shape index (κ3) is 3.06. The van der Waals surface area contributed by atoms with Crippen LogP contribution in [-0.2, 0) is 17.4 Å². The molecule has 1 N–H and O–H groups in total. The van der Waals surface area contributed by atoms with Crippen LogP contribution in [-0.4, -0.2) is 31.3 Å². The van der Waals surface area contributed by atoms with E-state index in [0.717, 1.165) is 16.9 Å². The van der Waals surface area contributed by atoms with E-state index in [0.29, 0.717) is 0 Å². The van der Waals surface area contributed by atoms with Crippen molar-refractivity contribution in [3.63, 3.8) is 0 Å². The lowest BCUT2D eigenvalue weighted by molar-refractivity contribution is -0.138. The van der Waals surface area contributed by atoms with Crippen molar-refractivity contribution in [2.24, 2.45) is 0 Å². The van der Waals surface area contributed by atoms with Crippen molar-refractivity contribution in [3.8, 4) is 5.69 Å². The molecular formula is C10H7F3N4O2. The molecular weight excluding hydrogens is 265 g/mol. The Morgan fingerprint density at radius 1 is 1.37 bits per heavy atom. The minimum absolute atomic E-state index is 0.0546. The lowest BCUT2D eigenvalue weighted by Crippen LogP contribution is -2.07. The van der Waals surface area contributed by atoms with E-state index >= 15 is 0 Å². The zero-order valence-corrected chi connectivity index (χ0v) is 9.29. The molecule has 19 heavy (non-hydrogen) atoms. The van der Waals surface area contributed by atoms with Crippen molar-refractivity contribution in [1.82, 2.24) is 20.2 Å². The molecule has 0 amide bonds. The fourth-order valence-corrected chi connectivity index (χ4v) is 1.37. The van der Waals surface area contributed by atoms with Crippen LogP contribution in [0.15, 0.2) is 24.3 Å². The molecule has 0 aliphatic heterocycles. The minimum atomic E-state index is -4.47. The lowest BCUT2D eigenvalue weighted by atomic mass is 10.2. The van der Waals surface area contributed by atoms with E-state index in [2.05, 4.69) is 15.4 Å². The second-order valence-electron chi connectivity index (χ2n) is 3.61. The predicted molar refractivity (Wildman–Crippen MR) is 55.5 cm³/mol. The van der Waals surface area contributed by atoms with Gasteiger partial charge in [0.15, 0.2) is 5.82 Å². The summed E-state index contributed by atoms with van der Waals surface area (Å²) < 4.78 is 37.6. The molecule has 0 spiro atoms. The zero-order valence-electron chi connectivity index (χ0n) is 9.29. The van der Waals surface area contributed by atoms with Crippen LogP contribution in [0.4, 0.5) is 13.2 Å². The molecule has 0 radical (unpaired) electrons. The number of nitrogens with zero attached hydrogens (tertiary/aromatic N) is 4. The molecule has 0 saturated heterocycles. The molecule has 0 fully saturated rings. The maximum Gasteiger partial charge on any atom is 0.416 e. The van der Waals surface area contributed by atoms with E-state index in [-0.39, 0.29) is 11.5 Å². The van der Waals surface area contributed by atoms with Crippen molar-refractivity contribution in [1.29, 1.82) is 0 Å². The van der Waals surface area contributed by atoms with Crippen molar-refractivity contribution >= 4 is 5.97 Å². The molecule has 2 aromatic rings. The molecule has 9 heteroatoms. The summed E-state index contributed by atoms with van der Waals surface area (Å²) in [5.41, 5.74) is -0.791. The van der Waals surface area contributed by atoms with Crippen LogP contribution in [0.1, 0.15) is 11.4 Å². The van der Waals surface area contributed by atoms with Gasteiger partial charge in [0, 0.05) is 0 Å². The molecule has 1 aromatic heterocycles. The highest BCUT2D eigenvalue weighted by Crippen LogP contribution is 2.29. The van der Waals surface area contributed by atoms with Crippen molar-refractivity contribution in [2.45, 2.75) is 12.6 Å². The molecule has 1 heterocycles. The van der Waals surface area contributed by atoms with E-state index < -0.39 is 24.1 Å². The molecule has 0 aliphatic rings. The Balaban J connectivity index is 2.32. The molecule has 100 valence electrons. The molecule has 0 unspecified atom stereocenters. The number of aliphatic carboxylic acids is 1. The molecule has 6 nitrogen and oxygen atoms in total. The number of tetrazole rings is 1. The highest BCUT2D eigenvalue weighted by molar-refractivity contribution is 5.68. The van der Waals surface area contributed by atoms with Gasteiger partial charge in [0.1, 0.15) is 6.42 Å². The van der Waals surface area contributed by atoms with E-state index in [1.165, 1.54) is 12.1 Å². The van der Waals surface area contributed by atoms with Gasteiger partial charge >= 0.3 is 12.1 Å². The summed E-state index contributed by atoms with van der Waals surface area (Å²) in [5, 5.41) is 19.2. The summed E-state index contributed by atoms with van der Waals surface area (Å²) >= 11 is 0. The normalized spacial score (nSPS) is 11.5. The van der Waals surface area contributed by atoms with Gasteiger partial charge in [0.05, 0.1) is 11.3 Å². The van der Waals surface area contributed by atoms with Gasteiger partial charge in [-0.3, -0.25) is 4.79 Å². The predicted octanol–water partition coefficient (Wildman–Crippen LogP) is 1.31. The number of halogens is 3. The van der Waals surface area contributed by atoms with Crippen LogP contribution < -0.4 is 0 Å². The number of carboxylic acid groups (broad SMARTS) is 1. The Kier molecular flexibility index (Phi) is 3.19. The first-order valence-electron chi connectivity index (χ1n) is 5.04. The first kappa shape index (κ1) is 13.0. The van der Waals surface area contributed by atoms with Gasteiger partial charge in [0.2, 0.25) is 0 Å². The number of hydrogen-bond donors (Lipinski definition) is 1. The number of benzene rings is 1. The van der Waals surface area contributed by atoms with Crippen LogP contribution in [0, 0.1) is 0 Å². The van der Waals surface area contributed by atoms with Gasteiger partial charge in [-0.2, -0.15) is 13.2 Å². The number of hydrogen-bond acceptors (Lipinski definition) is 4. The average Bonchev–Trinajstić information content (AvgIpc) is 2.76. The quantitative estimate of drug-likeness (QED) is 0.911. The fourth-order valence-electron chi connectivity index (χ4n) is 1.37. The van der Waals surface area contributed by atoms with Crippen LogP contribution in [0.5, 0.6) is 0 Å². The van der Waals surface area contributed by atoms with Gasteiger partial charge in [-0.1, -0.05) is 6.07 Å². The van der Waals surface area contributed by atoms with Gasteiger partial charge in [-0.15, -0.1) is 15.0 Å².